The van der Waals surface area contributed by atoms with Gasteiger partial charge in [0.2, 0.25) is 0 Å². The van der Waals surface area contributed by atoms with Crippen LogP contribution in [-0.4, -0.2) is 14.8 Å². The predicted molar refractivity (Wildman–Crippen MR) is 50.3 cm³/mol. The van der Waals surface area contributed by atoms with Crippen LogP contribution in [0.1, 0.15) is 11.3 Å². The molecule has 0 aliphatic carbocycles. The second kappa shape index (κ2) is 3.39. The zero-order valence-electron chi connectivity index (χ0n) is 7.51. The van der Waals surface area contributed by atoms with E-state index in [1.807, 2.05) is 42.2 Å². The molecule has 13 heavy (non-hydrogen) atoms. The first-order valence-electron chi connectivity index (χ1n) is 4.23. The SMILES string of the molecule is Cc1cnn(Cc2ccccn2)c1. The number of aryl methyl sites for hydroxylation is 1. The first-order chi connectivity index (χ1) is 6.34. The summed E-state index contributed by atoms with van der Waals surface area (Å²) in [5.41, 5.74) is 2.21. The van der Waals surface area contributed by atoms with Crippen molar-refractivity contribution in [2.45, 2.75) is 13.5 Å². The average Bonchev–Trinajstić information content (AvgIpc) is 2.53. The van der Waals surface area contributed by atoms with Crippen LogP contribution < -0.4 is 0 Å². The van der Waals surface area contributed by atoms with E-state index in [-0.39, 0.29) is 0 Å². The molecule has 0 atom stereocenters. The molecule has 0 aliphatic rings. The molecule has 0 radical (unpaired) electrons. The molecule has 3 nitrogen and oxygen atoms in total. The van der Waals surface area contributed by atoms with Gasteiger partial charge in [-0.25, -0.2) is 0 Å². The molecule has 0 saturated carbocycles. The van der Waals surface area contributed by atoms with Crippen molar-refractivity contribution in [1.82, 2.24) is 14.8 Å². The normalized spacial score (nSPS) is 10.2. The Balaban J connectivity index is 2.15. The lowest BCUT2D eigenvalue weighted by Crippen LogP contribution is -2.01. The molecule has 3 heteroatoms. The third kappa shape index (κ3) is 1.93. The number of aromatic nitrogens is 3. The van der Waals surface area contributed by atoms with Crippen LogP contribution in [0, 0.1) is 6.92 Å². The fourth-order valence-electron chi connectivity index (χ4n) is 1.21. The first-order valence-corrected chi connectivity index (χ1v) is 4.23. The van der Waals surface area contributed by atoms with Crippen molar-refractivity contribution < 1.29 is 0 Å². The van der Waals surface area contributed by atoms with Crippen molar-refractivity contribution in [3.05, 3.63) is 48.0 Å². The van der Waals surface area contributed by atoms with Crippen LogP contribution in [-0.2, 0) is 6.54 Å². The summed E-state index contributed by atoms with van der Waals surface area (Å²) in [7, 11) is 0. The smallest absolute Gasteiger partial charge is 0.0831 e. The predicted octanol–water partition coefficient (Wildman–Crippen LogP) is 1.63. The summed E-state index contributed by atoms with van der Waals surface area (Å²) in [6, 6.07) is 5.90. The fraction of sp³-hybridized carbons (Fsp3) is 0.200. The molecule has 0 aliphatic heterocycles. The van der Waals surface area contributed by atoms with E-state index in [9.17, 15) is 0 Å². The van der Waals surface area contributed by atoms with E-state index in [0.717, 1.165) is 12.2 Å². The van der Waals surface area contributed by atoms with E-state index in [4.69, 9.17) is 0 Å². The Morgan fingerprint density at radius 3 is 2.92 bits per heavy atom. The first kappa shape index (κ1) is 7.98. The van der Waals surface area contributed by atoms with Crippen molar-refractivity contribution in [3.8, 4) is 0 Å². The average molecular weight is 173 g/mol. The summed E-state index contributed by atoms with van der Waals surface area (Å²) >= 11 is 0. The van der Waals surface area contributed by atoms with E-state index < -0.39 is 0 Å². The lowest BCUT2D eigenvalue weighted by atomic mass is 10.3. The van der Waals surface area contributed by atoms with Gasteiger partial charge in [-0.2, -0.15) is 5.10 Å². The third-order valence-electron chi connectivity index (χ3n) is 1.81. The van der Waals surface area contributed by atoms with Crippen molar-refractivity contribution in [2.24, 2.45) is 0 Å². The molecule has 2 aromatic rings. The monoisotopic (exact) mass is 173 g/mol. The van der Waals surface area contributed by atoms with Crippen LogP contribution in [0.15, 0.2) is 36.8 Å². The van der Waals surface area contributed by atoms with Crippen LogP contribution in [0.3, 0.4) is 0 Å². The minimum Gasteiger partial charge on any atom is -0.266 e. The Labute approximate surface area is 77.0 Å². The second-order valence-corrected chi connectivity index (χ2v) is 3.04. The highest BCUT2D eigenvalue weighted by Gasteiger charge is 1.95. The molecule has 2 aromatic heterocycles. The number of pyridine rings is 1. The van der Waals surface area contributed by atoms with Gasteiger partial charge in [-0.1, -0.05) is 6.07 Å². The van der Waals surface area contributed by atoms with E-state index in [1.54, 1.807) is 6.20 Å². The van der Waals surface area contributed by atoms with Gasteiger partial charge >= 0.3 is 0 Å². The minimum atomic E-state index is 0.745. The third-order valence-corrected chi connectivity index (χ3v) is 1.81. The van der Waals surface area contributed by atoms with E-state index in [0.29, 0.717) is 0 Å². The molecule has 2 heterocycles. The fourth-order valence-corrected chi connectivity index (χ4v) is 1.21. The van der Waals surface area contributed by atoms with E-state index in [2.05, 4.69) is 10.1 Å². The van der Waals surface area contributed by atoms with Gasteiger partial charge in [-0.15, -0.1) is 0 Å². The van der Waals surface area contributed by atoms with Gasteiger partial charge < -0.3 is 0 Å². The Bertz CT molecular complexity index is 378. The van der Waals surface area contributed by atoms with Gasteiger partial charge in [0.25, 0.3) is 0 Å². The Morgan fingerprint density at radius 1 is 1.38 bits per heavy atom. The molecule has 0 saturated heterocycles. The summed E-state index contributed by atoms with van der Waals surface area (Å²) < 4.78 is 1.89. The van der Waals surface area contributed by atoms with Crippen molar-refractivity contribution in [1.29, 1.82) is 0 Å². The van der Waals surface area contributed by atoms with E-state index in [1.165, 1.54) is 5.56 Å². The standard InChI is InChI=1S/C10H11N3/c1-9-6-12-13(7-9)8-10-4-2-3-5-11-10/h2-7H,8H2,1H3. The quantitative estimate of drug-likeness (QED) is 0.691. The van der Waals surface area contributed by atoms with E-state index >= 15 is 0 Å². The molecular formula is C10H11N3. The van der Waals surface area contributed by atoms with Crippen molar-refractivity contribution in [2.75, 3.05) is 0 Å². The molecule has 0 spiro atoms. The highest BCUT2D eigenvalue weighted by Crippen LogP contribution is 1.99. The van der Waals surface area contributed by atoms with Crippen LogP contribution in [0.2, 0.25) is 0 Å². The Kier molecular flexibility index (Phi) is 2.08. The zero-order chi connectivity index (χ0) is 9.10. The highest BCUT2D eigenvalue weighted by molar-refractivity contribution is 5.06. The highest BCUT2D eigenvalue weighted by atomic mass is 15.3. The van der Waals surface area contributed by atoms with Crippen LogP contribution in [0.25, 0.3) is 0 Å². The number of hydrogen-bond donors (Lipinski definition) is 0. The number of nitrogens with zero attached hydrogens (tertiary/aromatic N) is 3. The maximum Gasteiger partial charge on any atom is 0.0831 e. The molecular weight excluding hydrogens is 162 g/mol. The molecule has 2 rings (SSSR count). The molecule has 0 bridgehead atoms. The lowest BCUT2D eigenvalue weighted by Gasteiger charge is -1.99. The summed E-state index contributed by atoms with van der Waals surface area (Å²) in [5, 5.41) is 4.19. The van der Waals surface area contributed by atoms with Gasteiger partial charge in [-0.3, -0.25) is 9.67 Å². The van der Waals surface area contributed by atoms with Crippen molar-refractivity contribution >= 4 is 0 Å². The Hall–Kier alpha value is -1.64. The van der Waals surface area contributed by atoms with Gasteiger partial charge in [0, 0.05) is 12.4 Å². The summed E-state index contributed by atoms with van der Waals surface area (Å²) in [6.45, 7) is 2.77. The van der Waals surface area contributed by atoms with Crippen LogP contribution in [0.4, 0.5) is 0 Å². The maximum atomic E-state index is 4.22. The summed E-state index contributed by atoms with van der Waals surface area (Å²) in [6.07, 6.45) is 5.66. The Morgan fingerprint density at radius 2 is 2.31 bits per heavy atom. The molecule has 0 N–H and O–H groups in total. The second-order valence-electron chi connectivity index (χ2n) is 3.04. The van der Waals surface area contributed by atoms with Gasteiger partial charge in [-0.05, 0) is 24.6 Å². The molecule has 0 unspecified atom stereocenters. The molecule has 0 amide bonds. The topological polar surface area (TPSA) is 30.7 Å². The molecule has 0 fully saturated rings. The van der Waals surface area contributed by atoms with Crippen molar-refractivity contribution in [3.63, 3.8) is 0 Å². The van der Waals surface area contributed by atoms with Gasteiger partial charge in [0.1, 0.15) is 0 Å². The lowest BCUT2D eigenvalue weighted by molar-refractivity contribution is 0.672. The van der Waals surface area contributed by atoms with Crippen LogP contribution in [0.5, 0.6) is 0 Å². The summed E-state index contributed by atoms with van der Waals surface area (Å²) in [5.74, 6) is 0. The number of rotatable bonds is 2. The van der Waals surface area contributed by atoms with Gasteiger partial charge in [0.05, 0.1) is 18.4 Å². The maximum absolute atomic E-state index is 4.22. The summed E-state index contributed by atoms with van der Waals surface area (Å²) in [4.78, 5) is 4.22. The zero-order valence-corrected chi connectivity index (χ0v) is 7.51. The molecule has 0 aromatic carbocycles. The number of hydrogen-bond acceptors (Lipinski definition) is 2. The molecule has 66 valence electrons. The largest absolute Gasteiger partial charge is 0.266 e. The van der Waals surface area contributed by atoms with Gasteiger partial charge in [0.15, 0.2) is 0 Å². The van der Waals surface area contributed by atoms with Crippen LogP contribution >= 0.6 is 0 Å². The minimum absolute atomic E-state index is 0.745.